The lowest BCUT2D eigenvalue weighted by atomic mass is 10.2. The molecule has 22 heavy (non-hydrogen) atoms. The number of hydrogen-bond acceptors (Lipinski definition) is 6. The average Bonchev–Trinajstić information content (AvgIpc) is 2.55. The molecule has 0 bridgehead atoms. The number of nitro groups is 1. The molecule has 0 aliphatic heterocycles. The zero-order chi connectivity index (χ0) is 15.9. The second-order valence-electron chi connectivity index (χ2n) is 4.22. The van der Waals surface area contributed by atoms with Gasteiger partial charge in [-0.1, -0.05) is 6.07 Å². The van der Waals surface area contributed by atoms with Crippen LogP contribution < -0.4 is 10.7 Å². The SMILES string of the molecule is CNc1ccc(/C=N\NC(=O)c2cccnc2)cc1[N+](=O)[O-]. The lowest BCUT2D eigenvalue weighted by Crippen LogP contribution is -2.17. The molecule has 8 heteroatoms. The molecule has 1 amide bonds. The molecule has 0 atom stereocenters. The van der Waals surface area contributed by atoms with Crippen LogP contribution in [0.1, 0.15) is 15.9 Å². The van der Waals surface area contributed by atoms with Gasteiger partial charge in [-0.25, -0.2) is 5.43 Å². The van der Waals surface area contributed by atoms with Gasteiger partial charge in [0.1, 0.15) is 5.69 Å². The molecule has 112 valence electrons. The number of benzene rings is 1. The summed E-state index contributed by atoms with van der Waals surface area (Å²) in [5, 5.41) is 17.5. The first kappa shape index (κ1) is 15.1. The van der Waals surface area contributed by atoms with Crippen molar-refractivity contribution >= 4 is 23.5 Å². The van der Waals surface area contributed by atoms with Crippen molar-refractivity contribution in [2.45, 2.75) is 0 Å². The number of nitrogens with zero attached hydrogens (tertiary/aromatic N) is 3. The molecular formula is C14H13N5O3. The van der Waals surface area contributed by atoms with E-state index < -0.39 is 10.8 Å². The molecule has 0 radical (unpaired) electrons. The fourth-order valence-corrected chi connectivity index (χ4v) is 1.72. The van der Waals surface area contributed by atoms with Crippen molar-refractivity contribution in [3.63, 3.8) is 0 Å². The number of carbonyl (C=O) groups excluding carboxylic acids is 1. The lowest BCUT2D eigenvalue weighted by molar-refractivity contribution is -0.383. The third kappa shape index (κ3) is 3.63. The van der Waals surface area contributed by atoms with Gasteiger partial charge in [0, 0.05) is 31.1 Å². The molecule has 0 unspecified atom stereocenters. The molecule has 0 saturated carbocycles. The van der Waals surface area contributed by atoms with E-state index in [-0.39, 0.29) is 5.69 Å². The average molecular weight is 299 g/mol. The number of nitrogens with one attached hydrogen (secondary N) is 2. The Labute approximate surface area is 126 Å². The van der Waals surface area contributed by atoms with Gasteiger partial charge in [-0.2, -0.15) is 5.10 Å². The number of amides is 1. The Morgan fingerprint density at radius 3 is 2.86 bits per heavy atom. The summed E-state index contributed by atoms with van der Waals surface area (Å²) in [5.41, 5.74) is 3.54. The molecule has 8 nitrogen and oxygen atoms in total. The summed E-state index contributed by atoms with van der Waals surface area (Å²) < 4.78 is 0. The topological polar surface area (TPSA) is 110 Å². The van der Waals surface area contributed by atoms with Gasteiger partial charge in [-0.05, 0) is 18.2 Å². The zero-order valence-corrected chi connectivity index (χ0v) is 11.7. The summed E-state index contributed by atoms with van der Waals surface area (Å²) in [7, 11) is 1.60. The normalized spacial score (nSPS) is 10.4. The quantitative estimate of drug-likeness (QED) is 0.497. The van der Waals surface area contributed by atoms with E-state index in [2.05, 4.69) is 20.8 Å². The second kappa shape index (κ2) is 6.93. The van der Waals surface area contributed by atoms with E-state index in [1.165, 1.54) is 18.5 Å². The number of pyridine rings is 1. The molecule has 2 aromatic rings. The van der Waals surface area contributed by atoms with Crippen molar-refractivity contribution in [1.82, 2.24) is 10.4 Å². The van der Waals surface area contributed by atoms with E-state index >= 15 is 0 Å². The van der Waals surface area contributed by atoms with Gasteiger partial charge >= 0.3 is 0 Å². The number of anilines is 1. The number of aromatic nitrogens is 1. The molecule has 2 rings (SSSR count). The lowest BCUT2D eigenvalue weighted by Gasteiger charge is -2.02. The van der Waals surface area contributed by atoms with Crippen LogP contribution >= 0.6 is 0 Å². The van der Waals surface area contributed by atoms with Gasteiger partial charge in [0.25, 0.3) is 11.6 Å². The van der Waals surface area contributed by atoms with Crippen LogP contribution in [0.2, 0.25) is 0 Å². The van der Waals surface area contributed by atoms with Gasteiger partial charge in [-0.15, -0.1) is 0 Å². The van der Waals surface area contributed by atoms with Crippen molar-refractivity contribution in [2.75, 3.05) is 12.4 Å². The number of hydrazone groups is 1. The Kier molecular flexibility index (Phi) is 4.76. The van der Waals surface area contributed by atoms with Gasteiger partial charge in [-0.3, -0.25) is 19.9 Å². The minimum absolute atomic E-state index is 0.0648. The predicted molar refractivity (Wildman–Crippen MR) is 81.9 cm³/mol. The maximum atomic E-state index is 11.7. The fourth-order valence-electron chi connectivity index (χ4n) is 1.72. The Bertz CT molecular complexity index is 716. The van der Waals surface area contributed by atoms with Crippen LogP contribution in [0.4, 0.5) is 11.4 Å². The van der Waals surface area contributed by atoms with Crippen molar-refractivity contribution in [3.8, 4) is 0 Å². The smallest absolute Gasteiger partial charge is 0.292 e. The summed E-state index contributed by atoms with van der Waals surface area (Å²) in [6.45, 7) is 0. The first-order valence-corrected chi connectivity index (χ1v) is 6.31. The number of nitro benzene ring substituents is 1. The second-order valence-corrected chi connectivity index (χ2v) is 4.22. The van der Waals surface area contributed by atoms with Crippen molar-refractivity contribution < 1.29 is 9.72 Å². The van der Waals surface area contributed by atoms with Crippen molar-refractivity contribution in [2.24, 2.45) is 5.10 Å². The Hall–Kier alpha value is -3.29. The molecule has 0 spiro atoms. The predicted octanol–water partition coefficient (Wildman–Crippen LogP) is 1.80. The molecule has 1 heterocycles. The molecule has 0 saturated heterocycles. The van der Waals surface area contributed by atoms with Crippen LogP contribution in [0.15, 0.2) is 47.8 Å². The minimum Gasteiger partial charge on any atom is -0.383 e. The molecule has 1 aromatic carbocycles. The largest absolute Gasteiger partial charge is 0.383 e. The number of rotatable bonds is 5. The fraction of sp³-hybridized carbons (Fsp3) is 0.0714. The summed E-state index contributed by atoms with van der Waals surface area (Å²) in [5.74, 6) is -0.411. The zero-order valence-electron chi connectivity index (χ0n) is 11.7. The van der Waals surface area contributed by atoms with Crippen LogP contribution in [0, 0.1) is 10.1 Å². The van der Waals surface area contributed by atoms with E-state index in [4.69, 9.17) is 0 Å². The Morgan fingerprint density at radius 1 is 1.41 bits per heavy atom. The molecular weight excluding hydrogens is 286 g/mol. The van der Waals surface area contributed by atoms with Gasteiger partial charge in [0.05, 0.1) is 16.7 Å². The van der Waals surface area contributed by atoms with Crippen LogP contribution in [-0.2, 0) is 0 Å². The van der Waals surface area contributed by atoms with Crippen LogP contribution in [0.5, 0.6) is 0 Å². The highest BCUT2D eigenvalue weighted by Gasteiger charge is 2.12. The van der Waals surface area contributed by atoms with Gasteiger partial charge < -0.3 is 5.32 Å². The highest BCUT2D eigenvalue weighted by atomic mass is 16.6. The van der Waals surface area contributed by atoms with Crippen LogP contribution in [-0.4, -0.2) is 29.1 Å². The number of hydrogen-bond donors (Lipinski definition) is 2. The van der Waals surface area contributed by atoms with E-state index in [1.54, 1.807) is 37.5 Å². The maximum Gasteiger partial charge on any atom is 0.292 e. The van der Waals surface area contributed by atoms with E-state index in [9.17, 15) is 14.9 Å². The Balaban J connectivity index is 2.09. The summed E-state index contributed by atoms with van der Waals surface area (Å²) in [4.78, 5) is 26.0. The standard InChI is InChI=1S/C14H13N5O3/c1-15-12-5-4-10(7-13(12)19(21)22)8-17-18-14(20)11-3-2-6-16-9-11/h2-9,15H,1H3,(H,18,20)/b17-8-. The van der Waals surface area contributed by atoms with E-state index in [0.29, 0.717) is 16.8 Å². The summed E-state index contributed by atoms with van der Waals surface area (Å²) in [6.07, 6.45) is 4.31. The number of carbonyl (C=O) groups is 1. The highest BCUT2D eigenvalue weighted by Crippen LogP contribution is 2.24. The first-order valence-electron chi connectivity index (χ1n) is 6.31. The third-order valence-corrected chi connectivity index (χ3v) is 2.79. The van der Waals surface area contributed by atoms with Crippen molar-refractivity contribution in [3.05, 3.63) is 64.0 Å². The van der Waals surface area contributed by atoms with Crippen LogP contribution in [0.3, 0.4) is 0 Å². The summed E-state index contributed by atoms with van der Waals surface area (Å²) >= 11 is 0. The van der Waals surface area contributed by atoms with E-state index in [0.717, 1.165) is 0 Å². The molecule has 1 aromatic heterocycles. The maximum absolute atomic E-state index is 11.7. The molecule has 0 aliphatic rings. The monoisotopic (exact) mass is 299 g/mol. The summed E-state index contributed by atoms with van der Waals surface area (Å²) in [6, 6.07) is 7.83. The minimum atomic E-state index is -0.489. The highest BCUT2D eigenvalue weighted by molar-refractivity contribution is 5.94. The van der Waals surface area contributed by atoms with Gasteiger partial charge in [0.15, 0.2) is 0 Å². The Morgan fingerprint density at radius 2 is 2.23 bits per heavy atom. The van der Waals surface area contributed by atoms with E-state index in [1.807, 2.05) is 0 Å². The third-order valence-electron chi connectivity index (χ3n) is 2.79. The molecule has 0 aliphatic carbocycles. The van der Waals surface area contributed by atoms with Gasteiger partial charge in [0.2, 0.25) is 0 Å². The molecule has 2 N–H and O–H groups in total. The first-order chi connectivity index (χ1) is 10.6. The van der Waals surface area contributed by atoms with Crippen LogP contribution in [0.25, 0.3) is 0 Å². The molecule has 0 fully saturated rings. The van der Waals surface area contributed by atoms with Crippen molar-refractivity contribution in [1.29, 1.82) is 0 Å².